The molecule has 4 rings (SSSR count). The van der Waals surface area contributed by atoms with Crippen LogP contribution in [0.15, 0.2) is 53.3 Å². The Kier molecular flexibility index (Phi) is 4.96. The second-order valence-corrected chi connectivity index (χ2v) is 6.97. The van der Waals surface area contributed by atoms with E-state index in [1.54, 1.807) is 4.90 Å². The highest BCUT2D eigenvalue weighted by Crippen LogP contribution is 2.31. The number of aromatic amines is 1. The van der Waals surface area contributed by atoms with Crippen molar-refractivity contribution in [2.24, 2.45) is 0 Å². The molecule has 0 amide bonds. The second kappa shape index (κ2) is 7.44. The van der Waals surface area contributed by atoms with Crippen LogP contribution in [0.1, 0.15) is 22.4 Å². The third-order valence-corrected chi connectivity index (χ3v) is 4.96. The predicted octanol–water partition coefficient (Wildman–Crippen LogP) is 4.15. The van der Waals surface area contributed by atoms with Crippen LogP contribution in [-0.2, 0) is 25.7 Å². The molecule has 0 fully saturated rings. The highest BCUT2D eigenvalue weighted by Gasteiger charge is 2.31. The first-order valence-corrected chi connectivity index (χ1v) is 9.07. The Morgan fingerprint density at radius 1 is 1.10 bits per heavy atom. The van der Waals surface area contributed by atoms with Crippen LogP contribution in [0, 0.1) is 5.82 Å². The second-order valence-electron chi connectivity index (χ2n) is 6.97. The summed E-state index contributed by atoms with van der Waals surface area (Å²) in [4.78, 5) is 21.6. The van der Waals surface area contributed by atoms with E-state index >= 15 is 0 Å². The molecule has 2 aromatic carbocycles. The Morgan fingerprint density at radius 3 is 2.59 bits per heavy atom. The van der Waals surface area contributed by atoms with E-state index < -0.39 is 17.6 Å². The Labute approximate surface area is 163 Å². The van der Waals surface area contributed by atoms with Crippen molar-refractivity contribution < 1.29 is 17.6 Å². The lowest BCUT2D eigenvalue weighted by Gasteiger charge is -2.28. The van der Waals surface area contributed by atoms with Crippen molar-refractivity contribution in [2.45, 2.75) is 25.7 Å². The van der Waals surface area contributed by atoms with E-state index in [2.05, 4.69) is 9.97 Å². The number of nitrogens with one attached hydrogen (secondary N) is 1. The molecule has 4 nitrogen and oxygen atoms in total. The van der Waals surface area contributed by atoms with Crippen molar-refractivity contribution in [3.05, 3.63) is 87.1 Å². The zero-order chi connectivity index (χ0) is 20.6. The van der Waals surface area contributed by atoms with Crippen molar-refractivity contribution in [1.29, 1.82) is 0 Å². The van der Waals surface area contributed by atoms with Crippen molar-refractivity contribution in [2.75, 3.05) is 6.54 Å². The molecule has 2 heterocycles. The van der Waals surface area contributed by atoms with E-state index in [0.29, 0.717) is 30.0 Å². The van der Waals surface area contributed by atoms with E-state index in [-0.39, 0.29) is 24.2 Å². The smallest absolute Gasteiger partial charge is 0.306 e. The van der Waals surface area contributed by atoms with Crippen LogP contribution in [-0.4, -0.2) is 21.4 Å². The number of fused-ring (bicyclic) bond motifs is 1. The van der Waals surface area contributed by atoms with Crippen LogP contribution >= 0.6 is 0 Å². The lowest BCUT2D eigenvalue weighted by atomic mass is 10.0. The number of benzene rings is 2. The Hall–Kier alpha value is -3.00. The largest absolute Gasteiger partial charge is 0.416 e. The number of alkyl halides is 3. The molecule has 0 radical (unpaired) electrons. The Morgan fingerprint density at radius 2 is 1.86 bits per heavy atom. The minimum absolute atomic E-state index is 0.0188. The molecular weight excluding hydrogens is 386 g/mol. The number of hydrogen-bond acceptors (Lipinski definition) is 3. The highest BCUT2D eigenvalue weighted by molar-refractivity contribution is 5.54. The van der Waals surface area contributed by atoms with E-state index in [1.165, 1.54) is 0 Å². The first-order valence-electron chi connectivity index (χ1n) is 9.07. The van der Waals surface area contributed by atoms with E-state index in [9.17, 15) is 22.4 Å². The molecule has 1 aliphatic rings. The van der Waals surface area contributed by atoms with Gasteiger partial charge < -0.3 is 4.98 Å². The van der Waals surface area contributed by atoms with Gasteiger partial charge in [-0.2, -0.15) is 13.2 Å². The number of rotatable bonds is 3. The fraction of sp³-hybridized carbons (Fsp3) is 0.238. The molecule has 1 N–H and O–H groups in total. The highest BCUT2D eigenvalue weighted by atomic mass is 19.4. The summed E-state index contributed by atoms with van der Waals surface area (Å²) in [5.74, 6) is -0.220. The van der Waals surface area contributed by atoms with Gasteiger partial charge in [-0.3, -0.25) is 9.69 Å². The summed E-state index contributed by atoms with van der Waals surface area (Å²) in [6.45, 7) is 0.644. The Bertz CT molecular complexity index is 1090. The van der Waals surface area contributed by atoms with Crippen LogP contribution in [0.3, 0.4) is 0 Å². The molecule has 0 saturated heterocycles. The Balaban J connectivity index is 1.58. The molecule has 0 saturated carbocycles. The summed E-state index contributed by atoms with van der Waals surface area (Å²) < 4.78 is 52.8. The van der Waals surface area contributed by atoms with Crippen LogP contribution in [0.5, 0.6) is 0 Å². The summed E-state index contributed by atoms with van der Waals surface area (Å²) in [6.07, 6.45) is -4.08. The van der Waals surface area contributed by atoms with Crippen molar-refractivity contribution in [1.82, 2.24) is 14.9 Å². The summed E-state index contributed by atoms with van der Waals surface area (Å²) in [6, 6.07) is 11.6. The molecule has 0 atom stereocenters. The number of nitrogens with zero attached hydrogens (tertiary/aromatic N) is 2. The van der Waals surface area contributed by atoms with Gasteiger partial charge in [0, 0.05) is 37.2 Å². The van der Waals surface area contributed by atoms with Crippen LogP contribution in [0.4, 0.5) is 17.6 Å². The van der Waals surface area contributed by atoms with Gasteiger partial charge in [0.05, 0.1) is 16.8 Å². The zero-order valence-corrected chi connectivity index (χ0v) is 15.3. The van der Waals surface area contributed by atoms with Gasteiger partial charge in [0.1, 0.15) is 11.6 Å². The van der Waals surface area contributed by atoms with Gasteiger partial charge in [-0.05, 0) is 18.2 Å². The SMILES string of the molecule is O=c1[nH]c(-c2ccccc2)nc2c1CN(Cc1cc(C(F)(F)F)ccc1F)CC2. The third kappa shape index (κ3) is 4.07. The summed E-state index contributed by atoms with van der Waals surface area (Å²) >= 11 is 0. The van der Waals surface area contributed by atoms with Gasteiger partial charge in [-0.15, -0.1) is 0 Å². The molecule has 0 spiro atoms. The molecule has 29 heavy (non-hydrogen) atoms. The number of hydrogen-bond donors (Lipinski definition) is 1. The third-order valence-electron chi connectivity index (χ3n) is 4.96. The van der Waals surface area contributed by atoms with Crippen LogP contribution < -0.4 is 5.56 Å². The summed E-state index contributed by atoms with van der Waals surface area (Å²) in [7, 11) is 0. The maximum atomic E-state index is 14.1. The number of aromatic nitrogens is 2. The van der Waals surface area contributed by atoms with E-state index in [1.807, 2.05) is 30.3 Å². The summed E-state index contributed by atoms with van der Waals surface area (Å²) in [5, 5.41) is 0. The van der Waals surface area contributed by atoms with Crippen LogP contribution in [0.2, 0.25) is 0 Å². The van der Waals surface area contributed by atoms with E-state index in [4.69, 9.17) is 0 Å². The minimum Gasteiger partial charge on any atom is -0.306 e. The minimum atomic E-state index is -4.54. The number of H-pyrrole nitrogens is 1. The van der Waals surface area contributed by atoms with Gasteiger partial charge in [0.25, 0.3) is 5.56 Å². The first kappa shape index (κ1) is 19.3. The van der Waals surface area contributed by atoms with Crippen molar-refractivity contribution >= 4 is 0 Å². The molecule has 150 valence electrons. The molecule has 1 aromatic heterocycles. The lowest BCUT2D eigenvalue weighted by Crippen LogP contribution is -2.35. The molecule has 8 heteroatoms. The zero-order valence-electron chi connectivity index (χ0n) is 15.3. The molecule has 1 aliphatic heterocycles. The fourth-order valence-corrected chi connectivity index (χ4v) is 3.46. The van der Waals surface area contributed by atoms with Gasteiger partial charge in [0.15, 0.2) is 0 Å². The standard InChI is InChI=1S/C21H17F4N3O/c22-17-7-6-15(21(23,24)25)10-14(17)11-28-9-8-18-16(12-28)20(29)27-19(26-18)13-4-2-1-3-5-13/h1-7,10H,8-9,11-12H2,(H,26,27,29). The maximum absolute atomic E-state index is 14.1. The molecule has 0 bridgehead atoms. The van der Waals surface area contributed by atoms with Crippen molar-refractivity contribution in [3.8, 4) is 11.4 Å². The van der Waals surface area contributed by atoms with Gasteiger partial charge >= 0.3 is 6.18 Å². The number of halogens is 4. The molecular formula is C21H17F4N3O. The van der Waals surface area contributed by atoms with Gasteiger partial charge in [0.2, 0.25) is 0 Å². The fourth-order valence-electron chi connectivity index (χ4n) is 3.46. The predicted molar refractivity (Wildman–Crippen MR) is 99.5 cm³/mol. The van der Waals surface area contributed by atoms with Gasteiger partial charge in [-0.25, -0.2) is 9.37 Å². The maximum Gasteiger partial charge on any atom is 0.416 e. The monoisotopic (exact) mass is 403 g/mol. The van der Waals surface area contributed by atoms with E-state index in [0.717, 1.165) is 23.8 Å². The molecule has 0 aliphatic carbocycles. The molecule has 0 unspecified atom stereocenters. The van der Waals surface area contributed by atoms with Crippen LogP contribution in [0.25, 0.3) is 11.4 Å². The average Bonchev–Trinajstić information content (AvgIpc) is 2.70. The lowest BCUT2D eigenvalue weighted by molar-refractivity contribution is -0.137. The average molecular weight is 403 g/mol. The normalized spacial score (nSPS) is 14.6. The summed E-state index contributed by atoms with van der Waals surface area (Å²) in [5.41, 5.74) is 0.688. The van der Waals surface area contributed by atoms with Gasteiger partial charge in [-0.1, -0.05) is 30.3 Å². The quantitative estimate of drug-likeness (QED) is 0.669. The molecule has 3 aromatic rings. The first-order chi connectivity index (χ1) is 13.8. The topological polar surface area (TPSA) is 49.0 Å². The van der Waals surface area contributed by atoms with Crippen molar-refractivity contribution in [3.63, 3.8) is 0 Å².